The summed E-state index contributed by atoms with van der Waals surface area (Å²) >= 11 is 0. The van der Waals surface area contributed by atoms with Gasteiger partial charge in [0.05, 0.1) is 12.4 Å². The van der Waals surface area contributed by atoms with Crippen LogP contribution in [0.25, 0.3) is 0 Å². The molecule has 0 spiro atoms. The van der Waals surface area contributed by atoms with Gasteiger partial charge in [-0.15, -0.1) is 0 Å². The highest BCUT2D eigenvalue weighted by molar-refractivity contribution is 5.84. The molecule has 0 aliphatic carbocycles. The van der Waals surface area contributed by atoms with Crippen molar-refractivity contribution in [3.05, 3.63) is 120 Å². The molecule has 0 aliphatic rings. The molecule has 0 saturated heterocycles. The summed E-state index contributed by atoms with van der Waals surface area (Å²) in [5.41, 5.74) is 6.39. The first-order chi connectivity index (χ1) is 15.3. The highest BCUT2D eigenvalue weighted by atomic mass is 15.2. The molecular formula is C27H24N4. The lowest BCUT2D eigenvalue weighted by Crippen LogP contribution is -2.09. The zero-order valence-electron chi connectivity index (χ0n) is 17.4. The number of benzene rings is 4. The molecule has 1 N–H and O–H groups in total. The molecule has 0 unspecified atom stereocenters. The Morgan fingerprint density at radius 3 is 1.42 bits per heavy atom. The molecule has 4 aromatic rings. The molecule has 0 radical (unpaired) electrons. The third-order valence-corrected chi connectivity index (χ3v) is 4.86. The van der Waals surface area contributed by atoms with Crippen LogP contribution >= 0.6 is 0 Å². The third-order valence-electron chi connectivity index (χ3n) is 4.86. The molecule has 0 aromatic heterocycles. The number of hydrogen-bond acceptors (Lipinski definition) is 4. The summed E-state index contributed by atoms with van der Waals surface area (Å²) in [6.45, 7) is 0. The van der Waals surface area contributed by atoms with Gasteiger partial charge in [-0.25, -0.2) is 0 Å². The highest BCUT2D eigenvalue weighted by Gasteiger charge is 2.11. The van der Waals surface area contributed by atoms with E-state index >= 15 is 0 Å². The van der Waals surface area contributed by atoms with Gasteiger partial charge in [0.25, 0.3) is 0 Å². The molecule has 4 rings (SSSR count). The topological polar surface area (TPSA) is 40.0 Å². The van der Waals surface area contributed by atoms with Gasteiger partial charge in [0.1, 0.15) is 0 Å². The maximum atomic E-state index is 4.19. The van der Waals surface area contributed by atoms with Gasteiger partial charge in [-0.3, -0.25) is 0 Å². The smallest absolute Gasteiger partial charge is 0.0568 e. The fourth-order valence-corrected chi connectivity index (χ4v) is 3.25. The Hall–Kier alpha value is -4.18. The minimum atomic E-state index is 0.993. The number of hydrogen-bond donors (Lipinski definition) is 1. The molecule has 31 heavy (non-hydrogen) atoms. The Morgan fingerprint density at radius 2 is 0.968 bits per heavy atom. The Kier molecular flexibility index (Phi) is 6.51. The van der Waals surface area contributed by atoms with Crippen LogP contribution in [0.2, 0.25) is 0 Å². The lowest BCUT2D eigenvalue weighted by atomic mass is 10.1. The van der Waals surface area contributed by atoms with Crippen molar-refractivity contribution in [2.24, 2.45) is 10.2 Å². The van der Waals surface area contributed by atoms with Gasteiger partial charge in [0, 0.05) is 29.8 Å². The Morgan fingerprint density at radius 1 is 0.548 bits per heavy atom. The van der Waals surface area contributed by atoms with Crippen LogP contribution in [0.15, 0.2) is 119 Å². The number of anilines is 4. The molecule has 0 atom stereocenters. The third kappa shape index (κ3) is 5.25. The van der Waals surface area contributed by atoms with Crippen LogP contribution in [0.3, 0.4) is 0 Å². The van der Waals surface area contributed by atoms with Gasteiger partial charge in [-0.05, 0) is 59.7 Å². The minimum absolute atomic E-state index is 0.993. The van der Waals surface area contributed by atoms with Crippen LogP contribution in [-0.4, -0.2) is 19.5 Å². The molecule has 152 valence electrons. The summed E-state index contributed by atoms with van der Waals surface area (Å²) in [6, 6.07) is 37.0. The molecule has 4 aromatic carbocycles. The SMILES string of the molecule is CNc1ccc(/C=N/N=C/c2ccc(N(c3ccccc3)c3ccccc3)cc2)cc1. The highest BCUT2D eigenvalue weighted by Crippen LogP contribution is 2.33. The van der Waals surface area contributed by atoms with Crippen molar-refractivity contribution < 1.29 is 0 Å². The zero-order chi connectivity index (χ0) is 21.3. The lowest BCUT2D eigenvalue weighted by molar-refractivity contribution is 1.26. The first-order valence-corrected chi connectivity index (χ1v) is 10.2. The predicted octanol–water partition coefficient (Wildman–Crippen LogP) is 6.65. The molecule has 0 aliphatic heterocycles. The van der Waals surface area contributed by atoms with E-state index in [0.717, 1.165) is 33.9 Å². The van der Waals surface area contributed by atoms with Crippen LogP contribution in [0.4, 0.5) is 22.7 Å². The second-order valence-electron chi connectivity index (χ2n) is 6.96. The maximum absolute atomic E-state index is 4.19. The fraction of sp³-hybridized carbons (Fsp3) is 0.0370. The quantitative estimate of drug-likeness (QED) is 0.277. The average molecular weight is 405 g/mol. The van der Waals surface area contributed by atoms with E-state index in [-0.39, 0.29) is 0 Å². The summed E-state index contributed by atoms with van der Waals surface area (Å²) in [6.07, 6.45) is 3.51. The summed E-state index contributed by atoms with van der Waals surface area (Å²) in [5.74, 6) is 0. The first-order valence-electron chi connectivity index (χ1n) is 10.2. The van der Waals surface area contributed by atoms with Crippen molar-refractivity contribution >= 4 is 35.2 Å². The standard InChI is InChI=1S/C27H24N4/c1-28-24-16-12-22(13-17-24)20-29-30-21-23-14-18-27(19-15-23)31(25-8-4-2-5-9-25)26-10-6-3-7-11-26/h2-21,28H,1H3/b29-20+,30-21+. The monoisotopic (exact) mass is 404 g/mol. The Balaban J connectivity index is 1.50. The van der Waals surface area contributed by atoms with E-state index in [9.17, 15) is 0 Å². The van der Waals surface area contributed by atoms with E-state index < -0.39 is 0 Å². The maximum Gasteiger partial charge on any atom is 0.0568 e. The second kappa shape index (κ2) is 10.0. The molecular weight excluding hydrogens is 380 g/mol. The van der Waals surface area contributed by atoms with Gasteiger partial charge in [0.15, 0.2) is 0 Å². The van der Waals surface area contributed by atoms with E-state index in [1.54, 1.807) is 12.4 Å². The van der Waals surface area contributed by atoms with E-state index in [0.29, 0.717) is 0 Å². The van der Waals surface area contributed by atoms with Gasteiger partial charge in [-0.1, -0.05) is 60.7 Å². The second-order valence-corrected chi connectivity index (χ2v) is 6.96. The number of rotatable bonds is 7. The zero-order valence-corrected chi connectivity index (χ0v) is 17.4. The van der Waals surface area contributed by atoms with Crippen LogP contribution < -0.4 is 10.2 Å². The van der Waals surface area contributed by atoms with E-state index in [4.69, 9.17) is 0 Å². The summed E-state index contributed by atoms with van der Waals surface area (Å²) in [7, 11) is 1.90. The van der Waals surface area contributed by atoms with Crippen molar-refractivity contribution in [1.29, 1.82) is 0 Å². The van der Waals surface area contributed by atoms with Crippen LogP contribution in [0.5, 0.6) is 0 Å². The van der Waals surface area contributed by atoms with Crippen LogP contribution in [0.1, 0.15) is 11.1 Å². The number of nitrogens with zero attached hydrogens (tertiary/aromatic N) is 3. The van der Waals surface area contributed by atoms with Gasteiger partial charge >= 0.3 is 0 Å². The molecule has 0 heterocycles. The van der Waals surface area contributed by atoms with Crippen LogP contribution in [0, 0.1) is 0 Å². The summed E-state index contributed by atoms with van der Waals surface area (Å²) in [5, 5.41) is 11.4. The lowest BCUT2D eigenvalue weighted by Gasteiger charge is -2.25. The van der Waals surface area contributed by atoms with Crippen molar-refractivity contribution in [3.63, 3.8) is 0 Å². The average Bonchev–Trinajstić information content (AvgIpc) is 2.85. The summed E-state index contributed by atoms with van der Waals surface area (Å²) in [4.78, 5) is 2.23. The Labute approximate surface area is 183 Å². The number of nitrogens with one attached hydrogen (secondary N) is 1. The fourth-order valence-electron chi connectivity index (χ4n) is 3.25. The van der Waals surface area contributed by atoms with Crippen molar-refractivity contribution in [1.82, 2.24) is 0 Å². The van der Waals surface area contributed by atoms with E-state index in [2.05, 4.69) is 93.2 Å². The van der Waals surface area contributed by atoms with Crippen molar-refractivity contribution in [2.75, 3.05) is 17.3 Å². The molecule has 4 nitrogen and oxygen atoms in total. The normalized spacial score (nSPS) is 11.1. The molecule has 0 fully saturated rings. The molecule has 4 heteroatoms. The Bertz CT molecular complexity index is 1090. The molecule has 0 amide bonds. The minimum Gasteiger partial charge on any atom is -0.388 e. The van der Waals surface area contributed by atoms with Crippen LogP contribution in [-0.2, 0) is 0 Å². The summed E-state index contributed by atoms with van der Waals surface area (Å²) < 4.78 is 0. The van der Waals surface area contributed by atoms with E-state index in [1.165, 1.54) is 0 Å². The van der Waals surface area contributed by atoms with Gasteiger partial charge < -0.3 is 10.2 Å². The molecule has 0 bridgehead atoms. The van der Waals surface area contributed by atoms with Crippen molar-refractivity contribution in [2.45, 2.75) is 0 Å². The first kappa shape index (κ1) is 20.1. The predicted molar refractivity (Wildman–Crippen MR) is 132 cm³/mol. The molecule has 0 saturated carbocycles. The van der Waals surface area contributed by atoms with Gasteiger partial charge in [0.2, 0.25) is 0 Å². The number of para-hydroxylation sites is 2. The van der Waals surface area contributed by atoms with Crippen molar-refractivity contribution in [3.8, 4) is 0 Å². The van der Waals surface area contributed by atoms with E-state index in [1.807, 2.05) is 43.4 Å². The largest absolute Gasteiger partial charge is 0.388 e. The van der Waals surface area contributed by atoms with Gasteiger partial charge in [-0.2, -0.15) is 10.2 Å².